The molecular formula is C19H26N4. The molecule has 122 valence electrons. The first-order chi connectivity index (χ1) is 11.3. The van der Waals surface area contributed by atoms with Crippen LogP contribution in [0.15, 0.2) is 24.3 Å². The lowest BCUT2D eigenvalue weighted by atomic mass is 10.0. The Morgan fingerprint density at radius 2 is 1.87 bits per heavy atom. The molecule has 2 heterocycles. The molecule has 0 unspecified atom stereocenters. The molecule has 0 bridgehead atoms. The summed E-state index contributed by atoms with van der Waals surface area (Å²) in [6.07, 6.45) is 7.73. The van der Waals surface area contributed by atoms with Crippen LogP contribution in [0, 0.1) is 5.92 Å². The third-order valence-corrected chi connectivity index (χ3v) is 5.23. The third-order valence-electron chi connectivity index (χ3n) is 5.23. The third kappa shape index (κ3) is 3.12. The molecule has 1 aromatic carbocycles. The smallest absolute Gasteiger partial charge is 0.227 e. The van der Waals surface area contributed by atoms with E-state index >= 15 is 0 Å². The summed E-state index contributed by atoms with van der Waals surface area (Å²) in [6.45, 7) is 4.47. The largest absolute Gasteiger partial charge is 0.367 e. The fourth-order valence-electron chi connectivity index (χ4n) is 3.95. The zero-order valence-electron chi connectivity index (χ0n) is 14.0. The van der Waals surface area contributed by atoms with Crippen molar-refractivity contribution < 1.29 is 0 Å². The van der Waals surface area contributed by atoms with Crippen LogP contribution >= 0.6 is 0 Å². The quantitative estimate of drug-likeness (QED) is 0.921. The maximum Gasteiger partial charge on any atom is 0.227 e. The van der Waals surface area contributed by atoms with Crippen molar-refractivity contribution >= 4 is 22.7 Å². The van der Waals surface area contributed by atoms with Gasteiger partial charge in [0.15, 0.2) is 0 Å². The second kappa shape index (κ2) is 6.34. The van der Waals surface area contributed by atoms with Gasteiger partial charge in [-0.2, -0.15) is 4.98 Å². The normalized spacial score (nSPS) is 22.7. The molecule has 2 aliphatic rings. The molecule has 0 amide bonds. The van der Waals surface area contributed by atoms with E-state index in [1.807, 2.05) is 0 Å². The topological polar surface area (TPSA) is 41.1 Å². The van der Waals surface area contributed by atoms with E-state index < -0.39 is 0 Å². The highest BCUT2D eigenvalue weighted by Crippen LogP contribution is 2.29. The van der Waals surface area contributed by atoms with E-state index in [0.29, 0.717) is 6.04 Å². The molecule has 1 saturated carbocycles. The number of piperidine rings is 1. The van der Waals surface area contributed by atoms with E-state index in [2.05, 4.69) is 41.4 Å². The Hall–Kier alpha value is -1.84. The summed E-state index contributed by atoms with van der Waals surface area (Å²) in [5.74, 6) is 2.65. The van der Waals surface area contributed by atoms with Crippen molar-refractivity contribution in [1.82, 2.24) is 9.97 Å². The molecule has 1 aromatic heterocycles. The van der Waals surface area contributed by atoms with Gasteiger partial charge in [-0.15, -0.1) is 0 Å². The summed E-state index contributed by atoms with van der Waals surface area (Å²) < 4.78 is 0. The standard InChI is InChI=1S/C19H26N4/c1-14-7-6-12-23(13-14)19-21-17-11-5-4-10-16(17)18(22-19)20-15-8-2-3-9-15/h4-5,10-11,14-15H,2-3,6-9,12-13H2,1H3,(H,20,21,22)/t14-/m1/s1. The molecule has 2 aromatic rings. The van der Waals surface area contributed by atoms with Crippen LogP contribution in [0.2, 0.25) is 0 Å². The lowest BCUT2D eigenvalue weighted by molar-refractivity contribution is 0.442. The van der Waals surface area contributed by atoms with Crippen molar-refractivity contribution in [2.75, 3.05) is 23.3 Å². The Morgan fingerprint density at radius 3 is 2.70 bits per heavy atom. The van der Waals surface area contributed by atoms with Gasteiger partial charge in [0.05, 0.1) is 5.52 Å². The monoisotopic (exact) mass is 310 g/mol. The lowest BCUT2D eigenvalue weighted by Gasteiger charge is -2.31. The van der Waals surface area contributed by atoms with Crippen molar-refractivity contribution in [3.05, 3.63) is 24.3 Å². The number of rotatable bonds is 3. The molecule has 4 rings (SSSR count). The van der Waals surface area contributed by atoms with E-state index in [4.69, 9.17) is 9.97 Å². The predicted molar refractivity (Wildman–Crippen MR) is 96.0 cm³/mol. The zero-order chi connectivity index (χ0) is 15.6. The number of nitrogens with one attached hydrogen (secondary N) is 1. The van der Waals surface area contributed by atoms with Gasteiger partial charge in [-0.05, 0) is 43.7 Å². The predicted octanol–water partition coefficient (Wildman–Crippen LogP) is 4.22. The summed E-state index contributed by atoms with van der Waals surface area (Å²) in [5, 5.41) is 4.84. The fraction of sp³-hybridized carbons (Fsp3) is 0.579. The van der Waals surface area contributed by atoms with Crippen LogP contribution in [0.5, 0.6) is 0 Å². The maximum absolute atomic E-state index is 4.93. The molecule has 1 N–H and O–H groups in total. The summed E-state index contributed by atoms with van der Waals surface area (Å²) in [5.41, 5.74) is 1.05. The highest BCUT2D eigenvalue weighted by atomic mass is 15.3. The number of benzene rings is 1. The second-order valence-corrected chi connectivity index (χ2v) is 7.21. The molecule has 2 fully saturated rings. The lowest BCUT2D eigenvalue weighted by Crippen LogP contribution is -2.35. The van der Waals surface area contributed by atoms with Crippen LogP contribution in [-0.2, 0) is 0 Å². The van der Waals surface area contributed by atoms with Gasteiger partial charge >= 0.3 is 0 Å². The highest BCUT2D eigenvalue weighted by molar-refractivity contribution is 5.90. The molecule has 1 saturated heterocycles. The average Bonchev–Trinajstić information content (AvgIpc) is 3.08. The number of nitrogens with zero attached hydrogens (tertiary/aromatic N) is 3. The number of aromatic nitrogens is 2. The number of para-hydroxylation sites is 1. The first-order valence-electron chi connectivity index (χ1n) is 9.08. The van der Waals surface area contributed by atoms with E-state index in [0.717, 1.165) is 41.7 Å². The van der Waals surface area contributed by atoms with Crippen LogP contribution in [0.4, 0.5) is 11.8 Å². The van der Waals surface area contributed by atoms with Crippen LogP contribution in [0.3, 0.4) is 0 Å². The van der Waals surface area contributed by atoms with Gasteiger partial charge in [0.1, 0.15) is 5.82 Å². The van der Waals surface area contributed by atoms with Crippen molar-refractivity contribution in [3.63, 3.8) is 0 Å². The zero-order valence-corrected chi connectivity index (χ0v) is 14.0. The van der Waals surface area contributed by atoms with E-state index in [-0.39, 0.29) is 0 Å². The summed E-state index contributed by atoms with van der Waals surface area (Å²) in [4.78, 5) is 12.1. The molecule has 1 atom stereocenters. The first kappa shape index (κ1) is 14.7. The highest BCUT2D eigenvalue weighted by Gasteiger charge is 2.21. The summed E-state index contributed by atoms with van der Waals surface area (Å²) >= 11 is 0. The number of fused-ring (bicyclic) bond motifs is 1. The van der Waals surface area contributed by atoms with Crippen LogP contribution in [-0.4, -0.2) is 29.1 Å². The first-order valence-corrected chi connectivity index (χ1v) is 9.08. The molecule has 4 heteroatoms. The minimum atomic E-state index is 0.571. The van der Waals surface area contributed by atoms with E-state index in [1.165, 1.54) is 38.5 Å². The van der Waals surface area contributed by atoms with Crippen LogP contribution < -0.4 is 10.2 Å². The van der Waals surface area contributed by atoms with Gasteiger partial charge in [-0.1, -0.05) is 31.9 Å². The Morgan fingerprint density at radius 1 is 1.04 bits per heavy atom. The summed E-state index contributed by atoms with van der Waals surface area (Å²) in [7, 11) is 0. The van der Waals surface area contributed by atoms with Crippen LogP contribution in [0.25, 0.3) is 10.9 Å². The second-order valence-electron chi connectivity index (χ2n) is 7.21. The molecule has 0 spiro atoms. The van der Waals surface area contributed by atoms with Gasteiger partial charge < -0.3 is 10.2 Å². The number of hydrogen-bond acceptors (Lipinski definition) is 4. The van der Waals surface area contributed by atoms with E-state index in [1.54, 1.807) is 0 Å². The number of anilines is 2. The van der Waals surface area contributed by atoms with Gasteiger partial charge in [-0.25, -0.2) is 4.98 Å². The average molecular weight is 310 g/mol. The molecular weight excluding hydrogens is 284 g/mol. The maximum atomic E-state index is 4.93. The molecule has 1 aliphatic carbocycles. The molecule has 23 heavy (non-hydrogen) atoms. The van der Waals surface area contributed by atoms with Crippen molar-refractivity contribution in [2.24, 2.45) is 5.92 Å². The van der Waals surface area contributed by atoms with Crippen molar-refractivity contribution in [3.8, 4) is 0 Å². The minimum Gasteiger partial charge on any atom is -0.367 e. The van der Waals surface area contributed by atoms with E-state index in [9.17, 15) is 0 Å². The molecule has 0 radical (unpaired) electrons. The molecule has 1 aliphatic heterocycles. The Labute approximate surface area is 138 Å². The van der Waals surface area contributed by atoms with Crippen molar-refractivity contribution in [2.45, 2.75) is 51.5 Å². The van der Waals surface area contributed by atoms with Gasteiger partial charge in [0.25, 0.3) is 0 Å². The summed E-state index contributed by atoms with van der Waals surface area (Å²) in [6, 6.07) is 8.95. The SMILES string of the molecule is C[C@@H]1CCCN(c2nc(NC3CCCC3)c3ccccc3n2)C1. The molecule has 4 nitrogen and oxygen atoms in total. The fourth-order valence-corrected chi connectivity index (χ4v) is 3.95. The van der Waals surface area contributed by atoms with Gasteiger partial charge in [0.2, 0.25) is 5.95 Å². The Kier molecular flexibility index (Phi) is 4.06. The number of hydrogen-bond donors (Lipinski definition) is 1. The van der Waals surface area contributed by atoms with Gasteiger partial charge in [0, 0.05) is 24.5 Å². The van der Waals surface area contributed by atoms with Crippen LogP contribution in [0.1, 0.15) is 45.4 Å². The minimum absolute atomic E-state index is 0.571. The Balaban J connectivity index is 1.70. The Bertz CT molecular complexity index is 678. The van der Waals surface area contributed by atoms with Gasteiger partial charge in [-0.3, -0.25) is 0 Å². The van der Waals surface area contributed by atoms with Crippen molar-refractivity contribution in [1.29, 1.82) is 0 Å².